The van der Waals surface area contributed by atoms with Gasteiger partial charge in [-0.25, -0.2) is 9.97 Å². The predicted molar refractivity (Wildman–Crippen MR) is 123 cm³/mol. The molecular weight excluding hydrogens is 433 g/mol. The van der Waals surface area contributed by atoms with Crippen molar-refractivity contribution in [2.45, 2.75) is 12.5 Å². The third-order valence-electron chi connectivity index (χ3n) is 5.43. The first kappa shape index (κ1) is 21.1. The molecule has 0 spiro atoms. The van der Waals surface area contributed by atoms with Gasteiger partial charge in [-0.15, -0.1) is 0 Å². The molecule has 8 heteroatoms. The summed E-state index contributed by atoms with van der Waals surface area (Å²) in [6.07, 6.45) is 3.05. The number of aromatic nitrogens is 2. The lowest BCUT2D eigenvalue weighted by Gasteiger charge is -2.41. The molecule has 4 rings (SSSR count). The highest BCUT2D eigenvalue weighted by Crippen LogP contribution is 2.35. The van der Waals surface area contributed by atoms with Crippen molar-refractivity contribution in [1.29, 1.82) is 5.26 Å². The quantitative estimate of drug-likeness (QED) is 0.536. The van der Waals surface area contributed by atoms with Gasteiger partial charge in [0.25, 0.3) is 0 Å². The van der Waals surface area contributed by atoms with Gasteiger partial charge in [0.15, 0.2) is 0 Å². The van der Waals surface area contributed by atoms with E-state index in [9.17, 15) is 10.1 Å². The number of carbonyl (C=O) groups excluding carboxylic acids is 1. The standard InChI is InChI=1S/C23H19Cl2N5O/c1-2-22(31)30-10-9-29(13-17(30)7-8-26)23-19-11-20(25)18(12-21(19)27-14-28-23)15-3-5-16(24)6-4-15/h2-6,11-12,14,17H,1,7,9-10,13H2. The Kier molecular flexibility index (Phi) is 6.08. The number of piperazine rings is 1. The SMILES string of the molecule is C=CC(=O)N1CCN(c2ncnc3cc(-c4ccc(Cl)cc4)c(Cl)cc23)CC1CC#N. The maximum atomic E-state index is 12.2. The Morgan fingerprint density at radius 1 is 1.23 bits per heavy atom. The molecule has 1 saturated heterocycles. The van der Waals surface area contributed by atoms with Crippen molar-refractivity contribution in [2.75, 3.05) is 24.5 Å². The van der Waals surface area contributed by atoms with E-state index in [1.165, 1.54) is 12.4 Å². The van der Waals surface area contributed by atoms with E-state index < -0.39 is 0 Å². The van der Waals surface area contributed by atoms with Crippen LogP contribution >= 0.6 is 23.2 Å². The molecule has 1 atom stereocenters. The molecule has 31 heavy (non-hydrogen) atoms. The summed E-state index contributed by atoms with van der Waals surface area (Å²) < 4.78 is 0. The lowest BCUT2D eigenvalue weighted by Crippen LogP contribution is -2.55. The number of nitriles is 1. The van der Waals surface area contributed by atoms with Crippen LogP contribution in [-0.2, 0) is 4.79 Å². The molecule has 1 fully saturated rings. The summed E-state index contributed by atoms with van der Waals surface area (Å²) in [5.74, 6) is 0.575. The molecule has 0 saturated carbocycles. The van der Waals surface area contributed by atoms with Gasteiger partial charge in [-0.2, -0.15) is 5.26 Å². The maximum Gasteiger partial charge on any atom is 0.246 e. The number of nitrogens with zero attached hydrogens (tertiary/aromatic N) is 5. The largest absolute Gasteiger partial charge is 0.352 e. The van der Waals surface area contributed by atoms with E-state index in [0.29, 0.717) is 29.7 Å². The topological polar surface area (TPSA) is 73.1 Å². The number of fused-ring (bicyclic) bond motifs is 1. The summed E-state index contributed by atoms with van der Waals surface area (Å²) in [5.41, 5.74) is 2.57. The second-order valence-electron chi connectivity index (χ2n) is 7.25. The molecule has 1 amide bonds. The van der Waals surface area contributed by atoms with Crippen LogP contribution in [0.3, 0.4) is 0 Å². The minimum Gasteiger partial charge on any atom is -0.352 e. The zero-order chi connectivity index (χ0) is 22.0. The number of halogens is 2. The van der Waals surface area contributed by atoms with Crippen molar-refractivity contribution >= 4 is 45.8 Å². The van der Waals surface area contributed by atoms with Crippen LogP contribution in [-0.4, -0.2) is 46.5 Å². The lowest BCUT2D eigenvalue weighted by molar-refractivity contribution is -0.128. The average Bonchev–Trinajstić information content (AvgIpc) is 2.78. The highest BCUT2D eigenvalue weighted by atomic mass is 35.5. The Hall–Kier alpha value is -3.14. The molecule has 1 aliphatic heterocycles. The van der Waals surface area contributed by atoms with E-state index in [1.807, 2.05) is 36.4 Å². The minimum atomic E-state index is -0.238. The van der Waals surface area contributed by atoms with E-state index >= 15 is 0 Å². The van der Waals surface area contributed by atoms with Crippen molar-refractivity contribution in [3.05, 3.63) is 65.4 Å². The van der Waals surface area contributed by atoms with Crippen molar-refractivity contribution in [3.63, 3.8) is 0 Å². The van der Waals surface area contributed by atoms with Crippen molar-refractivity contribution in [1.82, 2.24) is 14.9 Å². The molecule has 0 N–H and O–H groups in total. The summed E-state index contributed by atoms with van der Waals surface area (Å²) in [6.45, 7) is 5.13. The van der Waals surface area contributed by atoms with Crippen LogP contribution in [0, 0.1) is 11.3 Å². The fraction of sp³-hybridized carbons (Fsp3) is 0.217. The zero-order valence-electron chi connectivity index (χ0n) is 16.6. The molecule has 0 bridgehead atoms. The third-order valence-corrected chi connectivity index (χ3v) is 5.99. The fourth-order valence-corrected chi connectivity index (χ4v) is 4.30. The molecule has 2 aromatic carbocycles. The van der Waals surface area contributed by atoms with Gasteiger partial charge in [0, 0.05) is 40.6 Å². The van der Waals surface area contributed by atoms with E-state index in [4.69, 9.17) is 23.2 Å². The van der Waals surface area contributed by atoms with Gasteiger partial charge >= 0.3 is 0 Å². The van der Waals surface area contributed by atoms with E-state index in [1.54, 1.807) is 4.90 Å². The number of benzene rings is 2. The Labute approximate surface area is 190 Å². The van der Waals surface area contributed by atoms with E-state index in [2.05, 4.69) is 27.5 Å². The maximum absolute atomic E-state index is 12.2. The number of anilines is 1. The molecule has 1 aliphatic rings. The van der Waals surface area contributed by atoms with Gasteiger partial charge in [-0.1, -0.05) is 41.9 Å². The summed E-state index contributed by atoms with van der Waals surface area (Å²) in [6, 6.07) is 13.2. The number of amides is 1. The molecule has 156 valence electrons. The normalized spacial score (nSPS) is 16.2. The minimum absolute atomic E-state index is 0.164. The van der Waals surface area contributed by atoms with Crippen molar-refractivity contribution in [2.24, 2.45) is 0 Å². The second-order valence-corrected chi connectivity index (χ2v) is 8.09. The van der Waals surface area contributed by atoms with Crippen LogP contribution in [0.4, 0.5) is 5.82 Å². The van der Waals surface area contributed by atoms with Gasteiger partial charge in [0.05, 0.1) is 24.0 Å². The van der Waals surface area contributed by atoms with Gasteiger partial charge in [0.1, 0.15) is 12.1 Å². The molecule has 0 aliphatic carbocycles. The first-order valence-electron chi connectivity index (χ1n) is 9.77. The van der Waals surface area contributed by atoms with Crippen LogP contribution in [0.2, 0.25) is 10.0 Å². The Morgan fingerprint density at radius 3 is 2.71 bits per heavy atom. The number of hydrogen-bond donors (Lipinski definition) is 0. The summed E-state index contributed by atoms with van der Waals surface area (Å²) in [7, 11) is 0. The van der Waals surface area contributed by atoms with E-state index in [0.717, 1.165) is 27.8 Å². The summed E-state index contributed by atoms with van der Waals surface area (Å²) >= 11 is 12.6. The average molecular weight is 452 g/mol. The molecule has 1 unspecified atom stereocenters. The smallest absolute Gasteiger partial charge is 0.246 e. The zero-order valence-corrected chi connectivity index (χ0v) is 18.1. The first-order valence-corrected chi connectivity index (χ1v) is 10.5. The van der Waals surface area contributed by atoms with Gasteiger partial charge < -0.3 is 9.80 Å². The molecule has 0 radical (unpaired) electrons. The van der Waals surface area contributed by atoms with Crippen LogP contribution in [0.25, 0.3) is 22.0 Å². The highest BCUT2D eigenvalue weighted by molar-refractivity contribution is 6.34. The molecule has 1 aromatic heterocycles. The van der Waals surface area contributed by atoms with Crippen LogP contribution in [0.15, 0.2) is 55.4 Å². The third kappa shape index (κ3) is 4.20. The highest BCUT2D eigenvalue weighted by Gasteiger charge is 2.30. The van der Waals surface area contributed by atoms with Crippen LogP contribution in [0.1, 0.15) is 6.42 Å². The Morgan fingerprint density at radius 2 is 2.00 bits per heavy atom. The van der Waals surface area contributed by atoms with Crippen LogP contribution < -0.4 is 4.90 Å². The van der Waals surface area contributed by atoms with Crippen molar-refractivity contribution < 1.29 is 4.79 Å². The number of hydrogen-bond acceptors (Lipinski definition) is 5. The van der Waals surface area contributed by atoms with Gasteiger partial charge in [-0.05, 0) is 35.9 Å². The molecule has 3 aromatic rings. The summed E-state index contributed by atoms with van der Waals surface area (Å²) in [5, 5.41) is 11.3. The summed E-state index contributed by atoms with van der Waals surface area (Å²) in [4.78, 5) is 24.9. The molecule has 2 heterocycles. The predicted octanol–water partition coefficient (Wildman–Crippen LogP) is 4.72. The molecular formula is C23H19Cl2N5O. The first-order chi connectivity index (χ1) is 15.0. The lowest BCUT2D eigenvalue weighted by atomic mass is 10.0. The Balaban J connectivity index is 1.71. The molecule has 6 nitrogen and oxygen atoms in total. The second kappa shape index (κ2) is 8.93. The van der Waals surface area contributed by atoms with Crippen molar-refractivity contribution in [3.8, 4) is 17.2 Å². The monoisotopic (exact) mass is 451 g/mol. The number of carbonyl (C=O) groups is 1. The van der Waals surface area contributed by atoms with Crippen LogP contribution in [0.5, 0.6) is 0 Å². The fourth-order valence-electron chi connectivity index (χ4n) is 3.90. The van der Waals surface area contributed by atoms with Gasteiger partial charge in [-0.3, -0.25) is 4.79 Å². The number of rotatable bonds is 4. The van der Waals surface area contributed by atoms with E-state index in [-0.39, 0.29) is 18.4 Å². The Bertz CT molecular complexity index is 1190. The van der Waals surface area contributed by atoms with Gasteiger partial charge in [0.2, 0.25) is 5.91 Å².